The molecule has 1 aromatic carbocycles. The standard InChI is InChI=1S/C10H11NO3/c1-8(12)11(10(13)14)7-9-5-3-2-4-6-9/h2-6H,7H2,1H3,(H,13,14). The maximum absolute atomic E-state index is 10.9. The summed E-state index contributed by atoms with van der Waals surface area (Å²) in [5.74, 6) is -0.471. The highest BCUT2D eigenvalue weighted by atomic mass is 16.4. The van der Waals surface area contributed by atoms with E-state index in [4.69, 9.17) is 5.11 Å². The van der Waals surface area contributed by atoms with Gasteiger partial charge < -0.3 is 5.11 Å². The first-order valence-corrected chi connectivity index (χ1v) is 4.16. The van der Waals surface area contributed by atoms with E-state index in [9.17, 15) is 9.59 Å². The summed E-state index contributed by atoms with van der Waals surface area (Å²) < 4.78 is 0. The summed E-state index contributed by atoms with van der Waals surface area (Å²) in [6.45, 7) is 1.34. The summed E-state index contributed by atoms with van der Waals surface area (Å²) in [4.78, 5) is 22.4. The fourth-order valence-corrected chi connectivity index (χ4v) is 1.08. The largest absolute Gasteiger partial charge is 0.465 e. The van der Waals surface area contributed by atoms with Gasteiger partial charge in [0.2, 0.25) is 5.91 Å². The number of imide groups is 1. The molecule has 0 aliphatic rings. The first-order chi connectivity index (χ1) is 6.61. The molecule has 1 rings (SSSR count). The lowest BCUT2D eigenvalue weighted by Crippen LogP contribution is -2.33. The average Bonchev–Trinajstić information content (AvgIpc) is 2.15. The quantitative estimate of drug-likeness (QED) is 0.777. The molecule has 0 spiro atoms. The van der Waals surface area contributed by atoms with Crippen molar-refractivity contribution < 1.29 is 14.7 Å². The van der Waals surface area contributed by atoms with Crippen molar-refractivity contribution in [2.45, 2.75) is 13.5 Å². The lowest BCUT2D eigenvalue weighted by Gasteiger charge is -2.14. The highest BCUT2D eigenvalue weighted by molar-refractivity contribution is 5.89. The van der Waals surface area contributed by atoms with Crippen LogP contribution in [0.15, 0.2) is 30.3 Å². The molecule has 0 aliphatic heterocycles. The Labute approximate surface area is 81.8 Å². The monoisotopic (exact) mass is 193 g/mol. The highest BCUT2D eigenvalue weighted by Crippen LogP contribution is 2.04. The third kappa shape index (κ3) is 2.58. The van der Waals surface area contributed by atoms with Crippen molar-refractivity contribution in [2.24, 2.45) is 0 Å². The molecule has 74 valence electrons. The molecule has 4 heteroatoms. The van der Waals surface area contributed by atoms with Gasteiger partial charge >= 0.3 is 6.09 Å². The van der Waals surface area contributed by atoms with Crippen LogP contribution in [0.4, 0.5) is 4.79 Å². The Morgan fingerprint density at radius 3 is 2.29 bits per heavy atom. The van der Waals surface area contributed by atoms with Gasteiger partial charge in [-0.25, -0.2) is 9.69 Å². The molecule has 0 aromatic heterocycles. The Morgan fingerprint density at radius 1 is 1.29 bits per heavy atom. The van der Waals surface area contributed by atoms with E-state index in [1.54, 1.807) is 24.3 Å². The molecule has 0 heterocycles. The summed E-state index contributed by atoms with van der Waals surface area (Å²) in [5, 5.41) is 8.71. The molecule has 1 N–H and O–H groups in total. The Morgan fingerprint density at radius 2 is 1.86 bits per heavy atom. The summed E-state index contributed by atoms with van der Waals surface area (Å²) >= 11 is 0. The summed E-state index contributed by atoms with van der Waals surface area (Å²) in [6.07, 6.45) is -1.22. The molecule has 0 saturated carbocycles. The van der Waals surface area contributed by atoms with E-state index >= 15 is 0 Å². The second kappa shape index (κ2) is 4.41. The molecular weight excluding hydrogens is 182 g/mol. The van der Waals surface area contributed by atoms with Crippen LogP contribution in [0.1, 0.15) is 12.5 Å². The van der Waals surface area contributed by atoms with Gasteiger partial charge in [-0.1, -0.05) is 30.3 Å². The van der Waals surface area contributed by atoms with Gasteiger partial charge in [0.1, 0.15) is 0 Å². The van der Waals surface area contributed by atoms with Gasteiger partial charge in [-0.05, 0) is 5.56 Å². The van der Waals surface area contributed by atoms with E-state index in [2.05, 4.69) is 0 Å². The smallest absolute Gasteiger partial charge is 0.414 e. The Balaban J connectivity index is 2.75. The van der Waals surface area contributed by atoms with Crippen molar-refractivity contribution >= 4 is 12.0 Å². The van der Waals surface area contributed by atoms with Crippen LogP contribution in [0.3, 0.4) is 0 Å². The van der Waals surface area contributed by atoms with Crippen LogP contribution in [0.2, 0.25) is 0 Å². The summed E-state index contributed by atoms with van der Waals surface area (Å²) in [6, 6.07) is 8.99. The van der Waals surface area contributed by atoms with E-state index in [0.29, 0.717) is 0 Å². The van der Waals surface area contributed by atoms with Gasteiger partial charge in [0.05, 0.1) is 6.54 Å². The van der Waals surface area contributed by atoms with Gasteiger partial charge in [-0.15, -0.1) is 0 Å². The van der Waals surface area contributed by atoms with Gasteiger partial charge in [0, 0.05) is 6.92 Å². The third-order valence-corrected chi connectivity index (χ3v) is 1.79. The second-order valence-electron chi connectivity index (χ2n) is 2.87. The van der Waals surface area contributed by atoms with E-state index < -0.39 is 12.0 Å². The number of carboxylic acid groups (broad SMARTS) is 1. The van der Waals surface area contributed by atoms with Crippen molar-refractivity contribution in [1.29, 1.82) is 0 Å². The molecule has 0 aliphatic carbocycles. The van der Waals surface area contributed by atoms with E-state index in [1.165, 1.54) is 6.92 Å². The van der Waals surface area contributed by atoms with E-state index in [0.717, 1.165) is 10.5 Å². The molecule has 2 amide bonds. The van der Waals surface area contributed by atoms with Crippen LogP contribution in [0, 0.1) is 0 Å². The first kappa shape index (κ1) is 10.2. The molecule has 0 atom stereocenters. The number of carbonyl (C=O) groups excluding carboxylic acids is 1. The second-order valence-corrected chi connectivity index (χ2v) is 2.87. The molecule has 1 aromatic rings. The Hall–Kier alpha value is -1.84. The molecule has 0 bridgehead atoms. The normalized spacial score (nSPS) is 9.50. The molecule has 4 nitrogen and oxygen atoms in total. The maximum Gasteiger partial charge on any atom is 0.414 e. The van der Waals surface area contributed by atoms with E-state index in [-0.39, 0.29) is 6.54 Å². The van der Waals surface area contributed by atoms with Crippen LogP contribution in [0.5, 0.6) is 0 Å². The van der Waals surface area contributed by atoms with Crippen molar-refractivity contribution in [3.05, 3.63) is 35.9 Å². The van der Waals surface area contributed by atoms with Crippen molar-refractivity contribution in [2.75, 3.05) is 0 Å². The zero-order valence-corrected chi connectivity index (χ0v) is 7.80. The summed E-state index contributed by atoms with van der Waals surface area (Å²) in [7, 11) is 0. The molecular formula is C10H11NO3. The number of hydrogen-bond donors (Lipinski definition) is 1. The van der Waals surface area contributed by atoms with Crippen LogP contribution < -0.4 is 0 Å². The molecule has 0 radical (unpaired) electrons. The number of benzene rings is 1. The van der Waals surface area contributed by atoms with Crippen LogP contribution in [-0.2, 0) is 11.3 Å². The lowest BCUT2D eigenvalue weighted by atomic mass is 10.2. The first-order valence-electron chi connectivity index (χ1n) is 4.16. The number of rotatable bonds is 2. The van der Waals surface area contributed by atoms with Gasteiger partial charge in [-0.3, -0.25) is 4.79 Å². The molecule has 0 fully saturated rings. The minimum atomic E-state index is -1.22. The number of hydrogen-bond acceptors (Lipinski definition) is 2. The number of carbonyl (C=O) groups is 2. The average molecular weight is 193 g/mol. The fraction of sp³-hybridized carbons (Fsp3) is 0.200. The molecule has 0 saturated heterocycles. The van der Waals surface area contributed by atoms with Crippen molar-refractivity contribution in [3.63, 3.8) is 0 Å². The van der Waals surface area contributed by atoms with Crippen LogP contribution in [0.25, 0.3) is 0 Å². The predicted molar refractivity (Wildman–Crippen MR) is 50.7 cm³/mol. The fourth-order valence-electron chi connectivity index (χ4n) is 1.08. The number of amides is 2. The zero-order valence-electron chi connectivity index (χ0n) is 7.80. The maximum atomic E-state index is 10.9. The van der Waals surface area contributed by atoms with Gasteiger partial charge in [0.15, 0.2) is 0 Å². The minimum absolute atomic E-state index is 0.103. The molecule has 14 heavy (non-hydrogen) atoms. The Bertz CT molecular complexity index is 320. The topological polar surface area (TPSA) is 57.6 Å². The SMILES string of the molecule is CC(=O)N(Cc1ccccc1)C(=O)O. The van der Waals surface area contributed by atoms with E-state index in [1.807, 2.05) is 6.07 Å². The summed E-state index contributed by atoms with van der Waals surface area (Å²) in [5.41, 5.74) is 0.796. The van der Waals surface area contributed by atoms with Gasteiger partial charge in [0.25, 0.3) is 0 Å². The Kier molecular flexibility index (Phi) is 3.23. The predicted octanol–water partition coefficient (Wildman–Crippen LogP) is 1.71. The molecule has 0 unspecified atom stereocenters. The third-order valence-electron chi connectivity index (χ3n) is 1.79. The highest BCUT2D eigenvalue weighted by Gasteiger charge is 2.16. The van der Waals surface area contributed by atoms with Crippen molar-refractivity contribution in [3.8, 4) is 0 Å². The minimum Gasteiger partial charge on any atom is -0.465 e. The van der Waals surface area contributed by atoms with Crippen LogP contribution >= 0.6 is 0 Å². The number of nitrogens with zero attached hydrogens (tertiary/aromatic N) is 1. The lowest BCUT2D eigenvalue weighted by molar-refractivity contribution is -0.127. The van der Waals surface area contributed by atoms with Gasteiger partial charge in [-0.2, -0.15) is 0 Å². The van der Waals surface area contributed by atoms with Crippen LogP contribution in [-0.4, -0.2) is 22.0 Å². The zero-order chi connectivity index (χ0) is 10.6. The van der Waals surface area contributed by atoms with Crippen molar-refractivity contribution in [1.82, 2.24) is 4.90 Å².